The molecular weight excluding hydrogens is 1260 g/mol. The summed E-state index contributed by atoms with van der Waals surface area (Å²) in [6, 6.07) is 11.6. The zero-order valence-electron chi connectivity index (χ0n) is 45.9. The van der Waals surface area contributed by atoms with Gasteiger partial charge in [-0.1, -0.05) is 83.1 Å². The van der Waals surface area contributed by atoms with Gasteiger partial charge in [-0.3, -0.25) is 0 Å². The van der Waals surface area contributed by atoms with Crippen molar-refractivity contribution >= 4 is 208 Å². The highest BCUT2D eigenvalue weighted by atomic mass is 79.9. The Morgan fingerprint density at radius 2 is 0.946 bits per heavy atom. The molecule has 0 amide bonds. The zero-order valence-corrected chi connectivity index (χ0v) is 57.0. The van der Waals surface area contributed by atoms with Crippen molar-refractivity contribution in [3.63, 3.8) is 0 Å². The van der Waals surface area contributed by atoms with Crippen molar-refractivity contribution in [2.45, 2.75) is 138 Å². The van der Waals surface area contributed by atoms with Gasteiger partial charge < -0.3 is 26.5 Å². The lowest BCUT2D eigenvalue weighted by Gasteiger charge is -1.84. The number of furan rings is 6. The molecule has 0 saturated heterocycles. The lowest BCUT2D eigenvalue weighted by Crippen LogP contribution is -1.65. The molecule has 0 spiro atoms. The predicted octanol–water partition coefficient (Wildman–Crippen LogP) is 27.7. The summed E-state index contributed by atoms with van der Waals surface area (Å²) in [5.74, 6) is 0. The van der Waals surface area contributed by atoms with Crippen molar-refractivity contribution in [1.82, 2.24) is 0 Å². The molecule has 0 saturated carbocycles. The van der Waals surface area contributed by atoms with Crippen LogP contribution in [-0.4, -0.2) is 0 Å². The van der Waals surface area contributed by atoms with Crippen LogP contribution in [0, 0.1) is 55.4 Å². The molecule has 0 radical (unpaired) electrons. The monoisotopic (exact) mass is 1330 g/mol. The largest absolute Gasteiger partial charge is 0.448 e. The second-order valence-corrected chi connectivity index (χ2v) is 22.7. The van der Waals surface area contributed by atoms with E-state index in [1.165, 1.54) is 50.8 Å². The summed E-state index contributed by atoms with van der Waals surface area (Å²) < 4.78 is 40.5. The quantitative estimate of drug-likeness (QED) is 0.151. The van der Waals surface area contributed by atoms with E-state index in [2.05, 4.69) is 63.4 Å². The number of fused-ring (bicyclic) bond motifs is 6. The SMILES string of the molecule is CC.CC.CC.CC.CC.CC.Cc1c(Br)oc2ccsc12.Cc1cc2oc(Cl)c(C)c2s1.Cc1csc2c(C)c(Cl)oc12.Cc1csc2cc(Br)oc12.Cc1sc2cc(Cl)oc2c1C.Clc1cc2sccc2o1. The maximum absolute atomic E-state index is 5.81. The Kier molecular flexibility index (Phi) is 33.7. The first-order chi connectivity index (χ1) is 35.5. The molecule has 0 aliphatic carbocycles. The van der Waals surface area contributed by atoms with Gasteiger partial charge >= 0.3 is 0 Å². The molecule has 0 fully saturated rings. The van der Waals surface area contributed by atoms with E-state index in [1.807, 2.05) is 165 Å². The third kappa shape index (κ3) is 18.9. The van der Waals surface area contributed by atoms with E-state index in [0.717, 1.165) is 63.4 Å². The second kappa shape index (κ2) is 35.9. The standard InChI is InChI=1S/3C8H7ClOS.2C7H5BrOS.C6H3ClOS.6C2H6/c1-4-5(2)11-6-3-7(9)10-8(4)6;1-4-3-11-7-5(2)8(9)10-6(4)7;1-4-3-6-7(11-4)5(2)8(9)10-6;1-4-3-10-5-2-6(8)9-7(4)5;1-4-6-5(2-3-10-6)9-7(4)8;7-6-3-5-4(8-6)1-2-9-5;6*1-2/h3*3H,1-2H3;2*2-3H,1H3;1-3H;6*1-2H3. The summed E-state index contributed by atoms with van der Waals surface area (Å²) in [5, 5.41) is 10.2. The van der Waals surface area contributed by atoms with Crippen molar-refractivity contribution in [1.29, 1.82) is 0 Å². The van der Waals surface area contributed by atoms with Crippen LogP contribution in [0.25, 0.3) is 61.7 Å². The third-order valence-corrected chi connectivity index (χ3v) is 17.8. The van der Waals surface area contributed by atoms with Gasteiger partial charge in [0.2, 0.25) is 0 Å². The van der Waals surface area contributed by atoms with Crippen LogP contribution < -0.4 is 0 Å². The first kappa shape index (κ1) is 69.6. The summed E-state index contributed by atoms with van der Waals surface area (Å²) in [7, 11) is 0. The number of hydrogen-bond donors (Lipinski definition) is 0. The molecule has 0 aliphatic rings. The molecule has 408 valence electrons. The van der Waals surface area contributed by atoms with E-state index >= 15 is 0 Å². The van der Waals surface area contributed by atoms with Crippen LogP contribution in [0.15, 0.2) is 93.8 Å². The van der Waals surface area contributed by atoms with Gasteiger partial charge in [-0.05, 0) is 173 Å². The molecule has 12 rings (SSSR count). The molecule has 12 heterocycles. The molecule has 6 nitrogen and oxygen atoms in total. The number of halogens is 6. The fraction of sp³-hybridized carbons (Fsp3) is 0.357. The lowest BCUT2D eigenvalue weighted by atomic mass is 10.3. The van der Waals surface area contributed by atoms with E-state index in [9.17, 15) is 0 Å². The molecule has 0 bridgehead atoms. The lowest BCUT2D eigenvalue weighted by molar-refractivity contribution is 0.584. The van der Waals surface area contributed by atoms with Gasteiger partial charge in [-0.25, -0.2) is 0 Å². The summed E-state index contributed by atoms with van der Waals surface area (Å²) in [4.78, 5) is 2.56. The Morgan fingerprint density at radius 1 is 0.405 bits per heavy atom. The normalized spacial score (nSPS) is 9.76. The van der Waals surface area contributed by atoms with Crippen molar-refractivity contribution in [2.75, 3.05) is 0 Å². The van der Waals surface area contributed by atoms with E-state index < -0.39 is 0 Å². The Bertz CT molecular complexity index is 3300. The maximum Gasteiger partial charge on any atom is 0.198 e. The highest BCUT2D eigenvalue weighted by Gasteiger charge is 2.13. The first-order valence-corrected chi connectivity index (χ1v) is 32.5. The van der Waals surface area contributed by atoms with Crippen molar-refractivity contribution < 1.29 is 26.5 Å². The van der Waals surface area contributed by atoms with Crippen LogP contribution in [-0.2, 0) is 0 Å². The topological polar surface area (TPSA) is 78.8 Å². The van der Waals surface area contributed by atoms with E-state index in [4.69, 9.17) is 72.9 Å². The Balaban J connectivity index is 0.000000426. The smallest absolute Gasteiger partial charge is 0.198 e. The molecule has 0 unspecified atom stereocenters. The molecule has 12 aromatic rings. The zero-order chi connectivity index (χ0) is 56.6. The number of rotatable bonds is 0. The molecule has 74 heavy (non-hydrogen) atoms. The molecular formula is C56H70Br2Cl4O6S6. The van der Waals surface area contributed by atoms with Gasteiger partial charge in [0, 0.05) is 61.3 Å². The van der Waals surface area contributed by atoms with Crippen molar-refractivity contribution in [3.05, 3.63) is 131 Å². The van der Waals surface area contributed by atoms with Gasteiger partial charge in [-0.15, -0.1) is 68.0 Å². The summed E-state index contributed by atoms with van der Waals surface area (Å²) in [6.45, 7) is 40.3. The van der Waals surface area contributed by atoms with Gasteiger partial charge in [0.15, 0.2) is 30.2 Å². The molecule has 0 atom stereocenters. The number of aryl methyl sites for hydroxylation is 8. The maximum atomic E-state index is 5.81. The molecule has 0 aromatic carbocycles. The Labute approximate surface area is 499 Å². The van der Waals surface area contributed by atoms with Gasteiger partial charge in [-0.2, -0.15) is 0 Å². The third-order valence-electron chi connectivity index (χ3n) is 9.16. The fourth-order valence-corrected chi connectivity index (χ4v) is 13.2. The van der Waals surface area contributed by atoms with Gasteiger partial charge in [0.25, 0.3) is 0 Å². The van der Waals surface area contributed by atoms with E-state index in [0.29, 0.717) is 20.9 Å². The average Bonchev–Trinajstić information content (AvgIpc) is 4.28. The number of hydrogen-bond acceptors (Lipinski definition) is 12. The minimum atomic E-state index is 0.469. The van der Waals surface area contributed by atoms with Crippen LogP contribution in [0.3, 0.4) is 0 Å². The average molecular weight is 1330 g/mol. The predicted molar refractivity (Wildman–Crippen MR) is 346 cm³/mol. The Morgan fingerprint density at radius 3 is 1.51 bits per heavy atom. The van der Waals surface area contributed by atoms with Crippen LogP contribution in [0.4, 0.5) is 0 Å². The van der Waals surface area contributed by atoms with E-state index in [-0.39, 0.29) is 0 Å². The van der Waals surface area contributed by atoms with Crippen LogP contribution in [0.5, 0.6) is 0 Å². The fourth-order valence-electron chi connectivity index (χ4n) is 5.81. The minimum absolute atomic E-state index is 0.469. The molecule has 0 N–H and O–H groups in total. The minimum Gasteiger partial charge on any atom is -0.448 e. The van der Waals surface area contributed by atoms with Crippen LogP contribution in [0.2, 0.25) is 20.9 Å². The highest BCUT2D eigenvalue weighted by molar-refractivity contribution is 9.10. The van der Waals surface area contributed by atoms with Gasteiger partial charge in [0.05, 0.1) is 28.2 Å². The van der Waals surface area contributed by atoms with Crippen LogP contribution in [0.1, 0.15) is 126 Å². The van der Waals surface area contributed by atoms with Gasteiger partial charge in [0.1, 0.15) is 33.5 Å². The Hall–Kier alpha value is -2.44. The highest BCUT2D eigenvalue weighted by Crippen LogP contribution is 2.38. The van der Waals surface area contributed by atoms with Crippen molar-refractivity contribution in [2.24, 2.45) is 0 Å². The molecule has 12 aromatic heterocycles. The summed E-state index contributed by atoms with van der Waals surface area (Å²) >= 11 is 39.6. The second-order valence-electron chi connectivity index (χ2n) is 13.6. The van der Waals surface area contributed by atoms with Crippen molar-refractivity contribution in [3.8, 4) is 0 Å². The summed E-state index contributed by atoms with van der Waals surface area (Å²) in [5.41, 5.74) is 12.6. The van der Waals surface area contributed by atoms with E-state index in [1.54, 1.807) is 68.0 Å². The number of thiophene rings is 6. The summed E-state index contributed by atoms with van der Waals surface area (Å²) in [6.07, 6.45) is 0. The van der Waals surface area contributed by atoms with Crippen LogP contribution >= 0.6 is 146 Å². The molecule has 0 aliphatic heterocycles. The first-order valence-electron chi connectivity index (χ1n) is 24.3. The molecule has 18 heteroatoms.